The van der Waals surface area contributed by atoms with Crippen LogP contribution in [0.3, 0.4) is 0 Å². The van der Waals surface area contributed by atoms with Crippen LogP contribution in [0.15, 0.2) is 30.1 Å². The molecule has 5 heterocycles. The van der Waals surface area contributed by atoms with Gasteiger partial charge in [-0.25, -0.2) is 4.98 Å². The van der Waals surface area contributed by atoms with Crippen LogP contribution in [-0.2, 0) is 4.74 Å². The third-order valence-electron chi connectivity index (χ3n) is 6.56. The van der Waals surface area contributed by atoms with Crippen LogP contribution >= 0.6 is 11.3 Å². The smallest absolute Gasteiger partial charge is 0.258 e. The summed E-state index contributed by atoms with van der Waals surface area (Å²) in [7, 11) is 0. The monoisotopic (exact) mass is 495 g/mol. The van der Waals surface area contributed by atoms with Gasteiger partial charge in [0.15, 0.2) is 5.65 Å². The highest BCUT2D eigenvalue weighted by Gasteiger charge is 2.25. The second kappa shape index (κ2) is 9.90. The summed E-state index contributed by atoms with van der Waals surface area (Å²) in [4.78, 5) is 37.3. The van der Waals surface area contributed by atoms with Gasteiger partial charge in [0.05, 0.1) is 35.3 Å². The third kappa shape index (κ3) is 4.38. The van der Waals surface area contributed by atoms with Gasteiger partial charge in [-0.2, -0.15) is 0 Å². The number of aliphatic hydroxyl groups is 1. The van der Waals surface area contributed by atoms with E-state index < -0.39 is 5.91 Å². The minimum absolute atomic E-state index is 0.0982. The highest BCUT2D eigenvalue weighted by Crippen LogP contribution is 2.31. The summed E-state index contributed by atoms with van der Waals surface area (Å²) in [5.74, 6) is 0.347. The molecule has 5 rings (SSSR count). The van der Waals surface area contributed by atoms with E-state index in [2.05, 4.69) is 28.3 Å². The van der Waals surface area contributed by atoms with Crippen LogP contribution in [0.25, 0.3) is 28.0 Å². The van der Waals surface area contributed by atoms with Crippen molar-refractivity contribution in [1.82, 2.24) is 19.6 Å². The van der Waals surface area contributed by atoms with Gasteiger partial charge in [0.2, 0.25) is 5.43 Å². The number of carbonyl (C=O) groups excluding carboxylic acids is 1. The van der Waals surface area contributed by atoms with Gasteiger partial charge in [0, 0.05) is 39.3 Å². The van der Waals surface area contributed by atoms with Crippen LogP contribution in [0.1, 0.15) is 27.3 Å². The molecule has 1 atom stereocenters. The molecule has 2 aliphatic heterocycles. The Labute approximate surface area is 206 Å². The number of anilines is 1. The Morgan fingerprint density at radius 3 is 2.74 bits per heavy atom. The molecule has 0 saturated carbocycles. The summed E-state index contributed by atoms with van der Waals surface area (Å²) in [5.41, 5.74) is 0.997. The van der Waals surface area contributed by atoms with Crippen LogP contribution in [0, 0.1) is 0 Å². The fourth-order valence-electron chi connectivity index (χ4n) is 4.75. The van der Waals surface area contributed by atoms with E-state index in [1.807, 2.05) is 10.5 Å². The molecule has 0 radical (unpaired) electrons. The molecule has 10 heteroatoms. The lowest BCUT2D eigenvalue weighted by Gasteiger charge is -2.28. The van der Waals surface area contributed by atoms with Crippen LogP contribution in [0.5, 0.6) is 0 Å². The van der Waals surface area contributed by atoms with E-state index in [1.54, 1.807) is 18.2 Å². The molecule has 2 fully saturated rings. The van der Waals surface area contributed by atoms with E-state index >= 15 is 0 Å². The van der Waals surface area contributed by atoms with Gasteiger partial charge in [0.25, 0.3) is 5.91 Å². The second-order valence-electron chi connectivity index (χ2n) is 8.74. The quantitative estimate of drug-likeness (QED) is 0.516. The number of hydrogen-bond acceptors (Lipinski definition) is 8. The molecular weight excluding hydrogens is 466 g/mol. The number of nitrogens with one attached hydrogen (secondary N) is 1. The summed E-state index contributed by atoms with van der Waals surface area (Å²) in [6.45, 7) is 13.0. The van der Waals surface area contributed by atoms with Gasteiger partial charge in [0.1, 0.15) is 16.2 Å². The lowest BCUT2D eigenvalue weighted by atomic mass is 10.1. The molecule has 35 heavy (non-hydrogen) atoms. The molecule has 0 aromatic carbocycles. The number of nitrogens with zero attached hydrogens (tertiary/aromatic N) is 4. The Kier molecular flexibility index (Phi) is 6.70. The van der Waals surface area contributed by atoms with E-state index in [1.165, 1.54) is 11.3 Å². The zero-order valence-electron chi connectivity index (χ0n) is 19.5. The van der Waals surface area contributed by atoms with Crippen molar-refractivity contribution in [2.45, 2.75) is 12.5 Å². The van der Waals surface area contributed by atoms with Crippen LogP contribution in [-0.4, -0.2) is 83.9 Å². The first-order valence-electron chi connectivity index (χ1n) is 11.8. The number of aliphatic hydroxyl groups excluding tert-OH is 1. The van der Waals surface area contributed by atoms with E-state index in [9.17, 15) is 14.7 Å². The summed E-state index contributed by atoms with van der Waals surface area (Å²) in [6, 6.07) is 3.58. The number of β-amino-alcohol motifs (C(OH)–C–C–N with tert-alkyl or cyclic N) is 1. The van der Waals surface area contributed by atoms with Crippen molar-refractivity contribution in [2.75, 3.05) is 57.4 Å². The van der Waals surface area contributed by atoms with E-state index in [4.69, 9.17) is 9.72 Å². The van der Waals surface area contributed by atoms with Crippen molar-refractivity contribution < 1.29 is 14.6 Å². The molecule has 2 N–H and O–H groups in total. The average molecular weight is 496 g/mol. The van der Waals surface area contributed by atoms with Gasteiger partial charge >= 0.3 is 0 Å². The maximum Gasteiger partial charge on any atom is 0.258 e. The highest BCUT2D eigenvalue weighted by atomic mass is 32.1. The summed E-state index contributed by atoms with van der Waals surface area (Å²) in [6.07, 6.45) is 3.83. The largest absolute Gasteiger partial charge is 0.392 e. The number of carbonyl (C=O) groups is 1. The lowest BCUT2D eigenvalue weighted by Crippen LogP contribution is -2.37. The maximum atomic E-state index is 13.6. The van der Waals surface area contributed by atoms with Gasteiger partial charge in [-0.1, -0.05) is 13.2 Å². The fourth-order valence-corrected chi connectivity index (χ4v) is 5.89. The standard InChI is InChI=1S/C25H29N5O4S/c1-3-18-19(4-2)35-25-21(24(33)26-8-10-28-9-7-16(31)15-28)22(32)17-5-6-20(27-23(17)30(18)25)29-11-13-34-14-12-29/h3-6,16,31H,1-2,7-15H2,(H,26,33). The molecular formula is C25H29N5O4S. The van der Waals surface area contributed by atoms with Crippen LogP contribution in [0.2, 0.25) is 0 Å². The van der Waals surface area contributed by atoms with E-state index in [0.717, 1.165) is 42.4 Å². The van der Waals surface area contributed by atoms with Crippen LogP contribution in [0.4, 0.5) is 5.82 Å². The SMILES string of the molecule is C=Cc1sc2c(C(=O)NCCN3CCC(O)C3)c(=O)c3ccc(N4CCOCC4)nc3n2c1C=C. The number of pyridine rings is 2. The van der Waals surface area contributed by atoms with Gasteiger partial charge in [-0.3, -0.25) is 18.9 Å². The summed E-state index contributed by atoms with van der Waals surface area (Å²) < 4.78 is 7.31. The molecule has 1 unspecified atom stereocenters. The maximum absolute atomic E-state index is 13.6. The predicted molar refractivity (Wildman–Crippen MR) is 139 cm³/mol. The molecule has 0 aliphatic carbocycles. The molecule has 0 spiro atoms. The minimum atomic E-state index is -0.418. The molecule has 1 amide bonds. The second-order valence-corrected chi connectivity index (χ2v) is 9.77. The number of thiazole rings is 1. The van der Waals surface area contributed by atoms with Gasteiger partial charge < -0.3 is 20.1 Å². The first kappa shape index (κ1) is 23.7. The fraction of sp³-hybridized carbons (Fsp3) is 0.400. The zero-order chi connectivity index (χ0) is 24.5. The average Bonchev–Trinajstić information content (AvgIpc) is 3.47. The van der Waals surface area contributed by atoms with E-state index in [-0.39, 0.29) is 17.1 Å². The Morgan fingerprint density at radius 1 is 1.26 bits per heavy atom. The number of ether oxygens (including phenoxy) is 1. The Morgan fingerprint density at radius 2 is 2.06 bits per heavy atom. The molecule has 2 saturated heterocycles. The Hall–Kier alpha value is -3.05. The normalized spacial score (nSPS) is 18.9. The first-order valence-corrected chi connectivity index (χ1v) is 12.6. The van der Waals surface area contributed by atoms with Gasteiger partial charge in [-0.05, 0) is 30.7 Å². The van der Waals surface area contributed by atoms with Crippen molar-refractivity contribution in [3.63, 3.8) is 0 Å². The number of fused-ring (bicyclic) bond motifs is 3. The number of amides is 1. The molecule has 3 aromatic heterocycles. The number of likely N-dealkylation sites (tertiary alicyclic amines) is 1. The summed E-state index contributed by atoms with van der Waals surface area (Å²) in [5, 5.41) is 13.0. The topological polar surface area (TPSA) is 99.4 Å². The number of hydrogen-bond donors (Lipinski definition) is 2. The number of aromatic nitrogens is 2. The molecule has 184 valence electrons. The van der Waals surface area contributed by atoms with Crippen LogP contribution < -0.4 is 15.6 Å². The highest BCUT2D eigenvalue weighted by molar-refractivity contribution is 7.19. The molecule has 2 aliphatic rings. The van der Waals surface area contributed by atoms with Crippen molar-refractivity contribution >= 4 is 51.1 Å². The minimum Gasteiger partial charge on any atom is -0.392 e. The molecule has 0 bridgehead atoms. The van der Waals surface area contributed by atoms with Crippen molar-refractivity contribution in [3.05, 3.63) is 51.6 Å². The van der Waals surface area contributed by atoms with Gasteiger partial charge in [-0.15, -0.1) is 11.3 Å². The Balaban J connectivity index is 1.58. The molecule has 9 nitrogen and oxygen atoms in total. The molecule has 3 aromatic rings. The number of morpholine rings is 1. The zero-order valence-corrected chi connectivity index (χ0v) is 20.4. The van der Waals surface area contributed by atoms with Crippen molar-refractivity contribution in [1.29, 1.82) is 0 Å². The van der Waals surface area contributed by atoms with Crippen molar-refractivity contribution in [2.24, 2.45) is 0 Å². The van der Waals surface area contributed by atoms with Crippen molar-refractivity contribution in [3.8, 4) is 0 Å². The predicted octanol–water partition coefficient (Wildman–Crippen LogP) is 1.83. The lowest BCUT2D eigenvalue weighted by molar-refractivity contribution is 0.0949. The summed E-state index contributed by atoms with van der Waals surface area (Å²) >= 11 is 1.33. The Bertz CT molecular complexity index is 1360. The third-order valence-corrected chi connectivity index (χ3v) is 7.74. The first-order chi connectivity index (χ1) is 17.0. The number of rotatable bonds is 7. The van der Waals surface area contributed by atoms with E-state index in [0.29, 0.717) is 48.7 Å².